The van der Waals surface area contributed by atoms with E-state index in [4.69, 9.17) is 16.7 Å². The molecule has 0 radical (unpaired) electrons. The van der Waals surface area contributed by atoms with Crippen molar-refractivity contribution < 1.29 is 26.0 Å². The zero-order chi connectivity index (χ0) is 27.7. The Balaban J connectivity index is 1.92. The molecule has 1 unspecified atom stereocenters. The lowest BCUT2D eigenvalue weighted by atomic mass is 9.89. The summed E-state index contributed by atoms with van der Waals surface area (Å²) in [5, 5.41) is 10.8. The maximum Gasteiger partial charge on any atom is 0.340 e. The highest BCUT2D eigenvalue weighted by Crippen LogP contribution is 2.44. The topological polar surface area (TPSA) is 130 Å². The van der Waals surface area contributed by atoms with Gasteiger partial charge in [0.15, 0.2) is 14.6 Å². The third-order valence-corrected chi connectivity index (χ3v) is 9.55. The van der Waals surface area contributed by atoms with E-state index in [2.05, 4.69) is 5.10 Å². The predicted molar refractivity (Wildman–Crippen MR) is 142 cm³/mol. The zero-order valence-electron chi connectivity index (χ0n) is 20.2. The lowest BCUT2D eigenvalue weighted by molar-refractivity contribution is 0.169. The van der Waals surface area contributed by atoms with Crippen LogP contribution in [0.5, 0.6) is 0 Å². The summed E-state index contributed by atoms with van der Waals surface area (Å²) in [6.07, 6.45) is 0. The van der Waals surface area contributed by atoms with Crippen LogP contribution in [-0.2, 0) is 24.6 Å². The molecule has 0 fully saturated rings. The van der Waals surface area contributed by atoms with Gasteiger partial charge in [-0.3, -0.25) is 0 Å². The third kappa shape index (κ3) is 5.30. The Kier molecular flexibility index (Phi) is 7.62. The Morgan fingerprint density at radius 2 is 1.63 bits per heavy atom. The molecule has 0 spiro atoms. The smallest absolute Gasteiger partial charge is 0.325 e. The van der Waals surface area contributed by atoms with Crippen molar-refractivity contribution in [3.8, 4) is 0 Å². The lowest BCUT2D eigenvalue weighted by Gasteiger charge is -2.32. The number of rotatable bonds is 7. The van der Waals surface area contributed by atoms with Crippen LogP contribution in [0.25, 0.3) is 0 Å². The van der Waals surface area contributed by atoms with E-state index in [-0.39, 0.29) is 22.7 Å². The van der Waals surface area contributed by atoms with Crippen LogP contribution in [0.4, 0.5) is 9.18 Å². The van der Waals surface area contributed by atoms with E-state index in [1.807, 2.05) is 0 Å². The van der Waals surface area contributed by atoms with Crippen LogP contribution >= 0.6 is 11.6 Å². The number of sulfonamides is 1. The number of benzene rings is 3. The van der Waals surface area contributed by atoms with Gasteiger partial charge in [0, 0.05) is 24.2 Å². The number of primary sulfonamides is 1. The number of hydrogen-bond donors (Lipinski definition) is 1. The Morgan fingerprint density at radius 3 is 2.21 bits per heavy atom. The number of nitrogens with zero attached hydrogens (tertiary/aromatic N) is 3. The van der Waals surface area contributed by atoms with Crippen molar-refractivity contribution in [1.29, 1.82) is 0 Å². The van der Waals surface area contributed by atoms with Gasteiger partial charge in [0.25, 0.3) is 0 Å². The number of carbonyl (C=O) groups is 1. The van der Waals surface area contributed by atoms with Gasteiger partial charge in [-0.2, -0.15) is 5.10 Å². The van der Waals surface area contributed by atoms with E-state index in [9.17, 15) is 26.0 Å². The second-order valence-electron chi connectivity index (χ2n) is 8.73. The van der Waals surface area contributed by atoms with Crippen LogP contribution in [0.3, 0.4) is 0 Å². The molecule has 0 saturated carbocycles. The molecule has 1 atom stereocenters. The minimum Gasteiger partial charge on any atom is -0.325 e. The number of hydrazone groups is 1. The Bertz CT molecular complexity index is 1580. The van der Waals surface area contributed by atoms with Crippen LogP contribution < -0.4 is 5.14 Å². The van der Waals surface area contributed by atoms with E-state index >= 15 is 0 Å². The molecule has 1 aliphatic rings. The van der Waals surface area contributed by atoms with E-state index in [0.717, 1.165) is 9.91 Å². The number of sulfone groups is 1. The summed E-state index contributed by atoms with van der Waals surface area (Å²) < 4.78 is 63.7. The van der Waals surface area contributed by atoms with Crippen molar-refractivity contribution in [2.45, 2.75) is 9.64 Å². The van der Waals surface area contributed by atoms with Gasteiger partial charge >= 0.3 is 6.03 Å². The monoisotopic (exact) mass is 578 g/mol. The maximum absolute atomic E-state index is 14.5. The molecule has 1 aliphatic heterocycles. The molecule has 9 nitrogen and oxygen atoms in total. The minimum atomic E-state index is -4.32. The van der Waals surface area contributed by atoms with Crippen molar-refractivity contribution in [1.82, 2.24) is 9.91 Å². The molecule has 13 heteroatoms. The molecule has 0 bridgehead atoms. The maximum atomic E-state index is 14.5. The first kappa shape index (κ1) is 27.7. The molecule has 3 aromatic rings. The van der Waals surface area contributed by atoms with Crippen LogP contribution in [0.15, 0.2) is 88.9 Å². The summed E-state index contributed by atoms with van der Waals surface area (Å²) >= 11 is 6.01. The van der Waals surface area contributed by atoms with E-state index in [1.165, 1.54) is 55.6 Å². The molecule has 4 rings (SSSR count). The molecule has 3 aromatic carbocycles. The lowest BCUT2D eigenvalue weighted by Crippen LogP contribution is -2.48. The van der Waals surface area contributed by atoms with Crippen molar-refractivity contribution in [3.05, 3.63) is 101 Å². The number of nitrogens with two attached hydrogens (primary N) is 1. The van der Waals surface area contributed by atoms with E-state index < -0.39 is 48.8 Å². The number of hydrogen-bond acceptors (Lipinski definition) is 6. The van der Waals surface area contributed by atoms with E-state index in [0.29, 0.717) is 10.6 Å². The van der Waals surface area contributed by atoms with Crippen molar-refractivity contribution in [2.75, 3.05) is 25.9 Å². The molecule has 0 aliphatic carbocycles. The molecule has 0 saturated heterocycles. The van der Waals surface area contributed by atoms with Gasteiger partial charge in [-0.1, -0.05) is 54.1 Å². The second-order valence-corrected chi connectivity index (χ2v) is 13.1. The Hall–Kier alpha value is -3.32. The summed E-state index contributed by atoms with van der Waals surface area (Å²) in [6, 6.07) is 18.3. The summed E-state index contributed by atoms with van der Waals surface area (Å²) in [5.41, 5.74) is 0.627. The van der Waals surface area contributed by atoms with Gasteiger partial charge in [-0.05, 0) is 42.0 Å². The molecular weight excluding hydrogens is 555 g/mol. The Labute approximate surface area is 225 Å². The highest BCUT2D eigenvalue weighted by molar-refractivity contribution is 7.93. The fraction of sp³-hybridized carbons (Fsp3) is 0.200. The predicted octanol–water partition coefficient (Wildman–Crippen LogP) is 3.21. The average Bonchev–Trinajstić information content (AvgIpc) is 3.30. The van der Waals surface area contributed by atoms with Crippen LogP contribution in [0.2, 0.25) is 5.02 Å². The largest absolute Gasteiger partial charge is 0.340 e. The summed E-state index contributed by atoms with van der Waals surface area (Å²) in [6.45, 7) is -0.662. The van der Waals surface area contributed by atoms with Gasteiger partial charge < -0.3 is 4.90 Å². The Morgan fingerprint density at radius 1 is 1.03 bits per heavy atom. The minimum absolute atomic E-state index is 0.00634. The highest BCUT2D eigenvalue weighted by Gasteiger charge is 2.57. The first-order chi connectivity index (χ1) is 17.8. The van der Waals surface area contributed by atoms with Crippen LogP contribution in [0.1, 0.15) is 11.1 Å². The van der Waals surface area contributed by atoms with Crippen molar-refractivity contribution in [2.24, 2.45) is 10.2 Å². The molecule has 38 heavy (non-hydrogen) atoms. The van der Waals surface area contributed by atoms with Crippen LogP contribution in [0, 0.1) is 5.82 Å². The number of halogens is 2. The second kappa shape index (κ2) is 10.4. The molecule has 0 aromatic heterocycles. The highest BCUT2D eigenvalue weighted by atomic mass is 35.5. The first-order valence-electron chi connectivity index (χ1n) is 11.3. The summed E-state index contributed by atoms with van der Waals surface area (Å²) in [5.74, 6) is -1.03. The normalized spacial score (nSPS) is 17.8. The van der Waals surface area contributed by atoms with Gasteiger partial charge in [-0.25, -0.2) is 36.2 Å². The molecule has 1 heterocycles. The van der Waals surface area contributed by atoms with Gasteiger partial charge in [0.2, 0.25) is 10.0 Å². The average molecular weight is 579 g/mol. The van der Waals surface area contributed by atoms with Crippen molar-refractivity contribution >= 4 is 43.2 Å². The number of urea groups is 1. The third-order valence-electron chi connectivity index (χ3n) is 6.17. The summed E-state index contributed by atoms with van der Waals surface area (Å²) in [4.78, 5) is 14.4. The molecule has 200 valence electrons. The first-order valence-corrected chi connectivity index (χ1v) is 14.9. The molecular formula is C25H24ClFN4O5S2. The van der Waals surface area contributed by atoms with Crippen LogP contribution in [-0.4, -0.2) is 64.4 Å². The summed E-state index contributed by atoms with van der Waals surface area (Å²) in [7, 11) is -6.81. The quantitative estimate of drug-likeness (QED) is 0.460. The fourth-order valence-corrected chi connectivity index (χ4v) is 6.91. The van der Waals surface area contributed by atoms with E-state index in [1.54, 1.807) is 30.3 Å². The fourth-order valence-electron chi connectivity index (χ4n) is 4.21. The molecule has 2 amide bonds. The standard InChI is InChI=1S/C25H24ClFN4O5S2/c1-30(15-16-37(28,33)34)24(32)31-17-25(19-5-3-2-4-6-19,23(29-31)18-7-11-21(27)12-8-18)38(35,36)22-13-9-20(26)10-14-22/h2-14H,15-17H2,1H3,(H2,28,33,34). The zero-order valence-corrected chi connectivity index (χ0v) is 22.5. The SMILES string of the molecule is CN(CCS(N)(=O)=O)C(=O)N1CC(c2ccccc2)(S(=O)(=O)c2ccc(Cl)cc2)C(c2ccc(F)cc2)=N1. The number of carbonyl (C=O) groups excluding carboxylic acids is 1. The molecule has 2 N–H and O–H groups in total. The number of amides is 2. The van der Waals surface area contributed by atoms with Gasteiger partial charge in [0.1, 0.15) is 5.82 Å². The van der Waals surface area contributed by atoms with Gasteiger partial charge in [0.05, 0.1) is 22.9 Å². The van der Waals surface area contributed by atoms with Gasteiger partial charge in [-0.15, -0.1) is 0 Å². The van der Waals surface area contributed by atoms with Crippen molar-refractivity contribution in [3.63, 3.8) is 0 Å².